The molecule has 2 fully saturated rings. The molecule has 2 aliphatic rings. The molecule has 5 nitrogen and oxygen atoms in total. The number of nitrogens with zero attached hydrogens (tertiary/aromatic N) is 3. The van der Waals surface area contributed by atoms with E-state index in [1.807, 2.05) is 32.7 Å². The van der Waals surface area contributed by atoms with Gasteiger partial charge in [-0.05, 0) is 27.8 Å². The van der Waals surface area contributed by atoms with Gasteiger partial charge in [0.1, 0.15) is 0 Å². The number of carbonyl (C=O) groups is 1. The van der Waals surface area contributed by atoms with Gasteiger partial charge in [-0.1, -0.05) is 0 Å². The number of fused-ring (bicyclic) bond motifs is 1. The Morgan fingerprint density at radius 3 is 2.65 bits per heavy atom. The Labute approximate surface area is 102 Å². The van der Waals surface area contributed by atoms with Gasteiger partial charge in [-0.2, -0.15) is 5.26 Å². The van der Waals surface area contributed by atoms with Gasteiger partial charge in [0.2, 0.25) is 0 Å². The van der Waals surface area contributed by atoms with E-state index in [1.54, 1.807) is 5.01 Å². The third-order valence-electron chi connectivity index (χ3n) is 3.68. The van der Waals surface area contributed by atoms with Gasteiger partial charge in [0.05, 0.1) is 23.6 Å². The van der Waals surface area contributed by atoms with Crippen LogP contribution in [0.1, 0.15) is 20.8 Å². The SMILES string of the molecule is CN1CC(C#N)C2CNN(C(C)(C)C)C(=O)C21. The van der Waals surface area contributed by atoms with E-state index < -0.39 is 0 Å². The summed E-state index contributed by atoms with van der Waals surface area (Å²) in [4.78, 5) is 14.5. The quantitative estimate of drug-likeness (QED) is 0.653. The van der Waals surface area contributed by atoms with Crippen LogP contribution in [-0.4, -0.2) is 47.5 Å². The highest BCUT2D eigenvalue weighted by Gasteiger charge is 2.50. The van der Waals surface area contributed by atoms with Crippen LogP contribution < -0.4 is 5.43 Å². The van der Waals surface area contributed by atoms with E-state index in [1.165, 1.54) is 0 Å². The Morgan fingerprint density at radius 2 is 2.12 bits per heavy atom. The predicted octanol–water partition coefficient (Wildman–Crippen LogP) is 0.202. The van der Waals surface area contributed by atoms with Crippen molar-refractivity contribution >= 4 is 5.91 Å². The first kappa shape index (κ1) is 12.3. The minimum Gasteiger partial charge on any atom is -0.293 e. The second kappa shape index (κ2) is 3.97. The van der Waals surface area contributed by atoms with Crippen molar-refractivity contribution < 1.29 is 4.79 Å². The number of likely N-dealkylation sites (N-methyl/N-ethyl adjacent to an activating group) is 1. The van der Waals surface area contributed by atoms with E-state index in [0.717, 1.165) is 0 Å². The van der Waals surface area contributed by atoms with Crippen molar-refractivity contribution in [2.45, 2.75) is 32.4 Å². The molecular weight excluding hydrogens is 216 g/mol. The average Bonchev–Trinajstić information content (AvgIpc) is 2.54. The highest BCUT2D eigenvalue weighted by atomic mass is 16.2. The first-order valence-corrected chi connectivity index (χ1v) is 6.03. The lowest BCUT2D eigenvalue weighted by molar-refractivity contribution is -0.151. The zero-order chi connectivity index (χ0) is 12.8. The largest absolute Gasteiger partial charge is 0.293 e. The summed E-state index contributed by atoms with van der Waals surface area (Å²) in [5, 5.41) is 10.8. The lowest BCUT2D eigenvalue weighted by atomic mass is 9.88. The Balaban J connectivity index is 2.23. The molecule has 2 aliphatic heterocycles. The number of carbonyl (C=O) groups excluding carboxylic acids is 1. The number of nitriles is 1. The summed E-state index contributed by atoms with van der Waals surface area (Å²) < 4.78 is 0. The Bertz CT molecular complexity index is 368. The van der Waals surface area contributed by atoms with Gasteiger partial charge in [-0.25, -0.2) is 5.43 Å². The van der Waals surface area contributed by atoms with E-state index in [4.69, 9.17) is 5.26 Å². The fourth-order valence-electron chi connectivity index (χ4n) is 2.84. The Kier molecular flexibility index (Phi) is 2.88. The molecule has 2 saturated heterocycles. The smallest absolute Gasteiger partial charge is 0.254 e. The first-order valence-electron chi connectivity index (χ1n) is 6.03. The number of hydrogen-bond donors (Lipinski definition) is 1. The lowest BCUT2D eigenvalue weighted by Gasteiger charge is -2.44. The molecule has 0 aromatic rings. The van der Waals surface area contributed by atoms with E-state index in [0.29, 0.717) is 13.1 Å². The predicted molar refractivity (Wildman–Crippen MR) is 63.6 cm³/mol. The van der Waals surface area contributed by atoms with Gasteiger partial charge in [-0.15, -0.1) is 0 Å². The standard InChI is InChI=1S/C12H20N4O/c1-12(2,3)16-11(17)10-9(6-14-16)8(5-13)7-15(10)4/h8-10,14H,6-7H2,1-4H3. The molecule has 2 heterocycles. The van der Waals surface area contributed by atoms with Crippen LogP contribution in [0.5, 0.6) is 0 Å². The van der Waals surface area contributed by atoms with E-state index in [9.17, 15) is 4.79 Å². The average molecular weight is 236 g/mol. The molecule has 0 aliphatic carbocycles. The molecule has 94 valence electrons. The molecule has 17 heavy (non-hydrogen) atoms. The van der Waals surface area contributed by atoms with Crippen LogP contribution in [0.2, 0.25) is 0 Å². The Hall–Kier alpha value is -1.12. The molecule has 3 atom stereocenters. The van der Waals surface area contributed by atoms with Gasteiger partial charge >= 0.3 is 0 Å². The van der Waals surface area contributed by atoms with Crippen LogP contribution in [0, 0.1) is 23.2 Å². The molecule has 0 spiro atoms. The zero-order valence-corrected chi connectivity index (χ0v) is 10.9. The minimum absolute atomic E-state index is 0.0384. The topological polar surface area (TPSA) is 59.4 Å². The van der Waals surface area contributed by atoms with E-state index in [-0.39, 0.29) is 29.3 Å². The minimum atomic E-state index is -0.229. The summed E-state index contributed by atoms with van der Waals surface area (Å²) in [5.41, 5.74) is 2.94. The Morgan fingerprint density at radius 1 is 1.47 bits per heavy atom. The summed E-state index contributed by atoms with van der Waals surface area (Å²) in [5.74, 6) is 0.175. The van der Waals surface area contributed by atoms with Crippen molar-refractivity contribution in [1.29, 1.82) is 5.26 Å². The van der Waals surface area contributed by atoms with Crippen LogP contribution in [0.15, 0.2) is 0 Å². The molecule has 1 amide bonds. The maximum Gasteiger partial charge on any atom is 0.254 e. The number of rotatable bonds is 0. The molecular formula is C12H20N4O. The molecule has 0 aromatic heterocycles. The molecule has 0 saturated carbocycles. The number of hydrazine groups is 1. The molecule has 3 unspecified atom stereocenters. The summed E-state index contributed by atoms with van der Waals surface area (Å²) in [6.07, 6.45) is 0. The van der Waals surface area contributed by atoms with Gasteiger partial charge in [-0.3, -0.25) is 14.7 Å². The van der Waals surface area contributed by atoms with Crippen molar-refractivity contribution in [3.8, 4) is 6.07 Å². The van der Waals surface area contributed by atoms with Crippen molar-refractivity contribution in [3.63, 3.8) is 0 Å². The first-order chi connectivity index (χ1) is 7.86. The lowest BCUT2D eigenvalue weighted by Crippen LogP contribution is -2.65. The monoisotopic (exact) mass is 236 g/mol. The van der Waals surface area contributed by atoms with Crippen LogP contribution >= 0.6 is 0 Å². The highest BCUT2D eigenvalue weighted by Crippen LogP contribution is 2.33. The van der Waals surface area contributed by atoms with Crippen LogP contribution in [0.4, 0.5) is 0 Å². The number of hydrogen-bond acceptors (Lipinski definition) is 4. The van der Waals surface area contributed by atoms with Crippen LogP contribution in [0.3, 0.4) is 0 Å². The number of likely N-dealkylation sites (tertiary alicyclic amines) is 1. The molecule has 5 heteroatoms. The van der Waals surface area contributed by atoms with Gasteiger partial charge in [0.25, 0.3) is 5.91 Å². The molecule has 0 bridgehead atoms. The maximum atomic E-state index is 12.4. The third-order valence-corrected chi connectivity index (χ3v) is 3.68. The molecule has 1 N–H and O–H groups in total. The summed E-state index contributed by atoms with van der Waals surface area (Å²) >= 11 is 0. The second-order valence-corrected chi connectivity index (χ2v) is 5.99. The van der Waals surface area contributed by atoms with E-state index in [2.05, 4.69) is 11.5 Å². The molecule has 2 rings (SSSR count). The fraction of sp³-hybridized carbons (Fsp3) is 0.833. The summed E-state index contributed by atoms with van der Waals surface area (Å²) in [6.45, 7) is 7.42. The number of amides is 1. The highest BCUT2D eigenvalue weighted by molar-refractivity contribution is 5.83. The van der Waals surface area contributed by atoms with Gasteiger partial charge in [0.15, 0.2) is 0 Å². The third kappa shape index (κ3) is 1.92. The van der Waals surface area contributed by atoms with Crippen molar-refractivity contribution in [1.82, 2.24) is 15.3 Å². The normalized spacial score (nSPS) is 34.6. The summed E-state index contributed by atoms with van der Waals surface area (Å²) in [6, 6.07) is 2.18. The van der Waals surface area contributed by atoms with Crippen molar-refractivity contribution in [2.75, 3.05) is 20.1 Å². The van der Waals surface area contributed by atoms with Crippen molar-refractivity contribution in [3.05, 3.63) is 0 Å². The van der Waals surface area contributed by atoms with Crippen molar-refractivity contribution in [2.24, 2.45) is 11.8 Å². The zero-order valence-electron chi connectivity index (χ0n) is 10.9. The van der Waals surface area contributed by atoms with Gasteiger partial charge < -0.3 is 0 Å². The second-order valence-electron chi connectivity index (χ2n) is 5.99. The van der Waals surface area contributed by atoms with Gasteiger partial charge in [0, 0.05) is 19.0 Å². The molecule has 0 aromatic carbocycles. The number of nitrogens with one attached hydrogen (secondary N) is 1. The molecule has 0 radical (unpaired) electrons. The van der Waals surface area contributed by atoms with Crippen LogP contribution in [-0.2, 0) is 4.79 Å². The van der Waals surface area contributed by atoms with Crippen LogP contribution in [0.25, 0.3) is 0 Å². The maximum absolute atomic E-state index is 12.4. The fourth-order valence-corrected chi connectivity index (χ4v) is 2.84. The van der Waals surface area contributed by atoms with E-state index >= 15 is 0 Å². The summed E-state index contributed by atoms with van der Waals surface area (Å²) in [7, 11) is 1.93.